The molecular formula is C22H20ClN3O3S. The van der Waals surface area contributed by atoms with Gasteiger partial charge >= 0.3 is 0 Å². The van der Waals surface area contributed by atoms with Crippen LogP contribution in [0, 0.1) is 0 Å². The van der Waals surface area contributed by atoms with E-state index in [0.29, 0.717) is 39.0 Å². The Labute approximate surface area is 182 Å². The van der Waals surface area contributed by atoms with Gasteiger partial charge in [-0.1, -0.05) is 23.7 Å². The summed E-state index contributed by atoms with van der Waals surface area (Å²) in [6, 6.07) is 14.9. The van der Waals surface area contributed by atoms with Crippen LogP contribution in [0.1, 0.15) is 0 Å². The number of ether oxygens (including phenoxy) is 2. The van der Waals surface area contributed by atoms with E-state index in [1.165, 1.54) is 15.9 Å². The molecule has 30 heavy (non-hydrogen) atoms. The van der Waals surface area contributed by atoms with Gasteiger partial charge in [0.05, 0.1) is 18.3 Å². The summed E-state index contributed by atoms with van der Waals surface area (Å²) in [5.41, 5.74) is 2.20. The van der Waals surface area contributed by atoms with E-state index < -0.39 is 0 Å². The number of rotatable bonds is 7. The third-order valence-electron chi connectivity index (χ3n) is 4.60. The van der Waals surface area contributed by atoms with E-state index in [-0.39, 0.29) is 5.56 Å². The normalized spacial score (nSPS) is 11.0. The van der Waals surface area contributed by atoms with Gasteiger partial charge in [0, 0.05) is 22.5 Å². The van der Waals surface area contributed by atoms with Crippen LogP contribution in [0.4, 0.5) is 0 Å². The highest BCUT2D eigenvalue weighted by atomic mass is 35.5. The van der Waals surface area contributed by atoms with Gasteiger partial charge in [0.2, 0.25) is 0 Å². The zero-order chi connectivity index (χ0) is 21.1. The number of aromatic nitrogens is 2. The second kappa shape index (κ2) is 8.87. The van der Waals surface area contributed by atoms with E-state index in [9.17, 15) is 4.79 Å². The van der Waals surface area contributed by atoms with Crippen molar-refractivity contribution in [2.75, 3.05) is 27.3 Å². The van der Waals surface area contributed by atoms with Gasteiger partial charge < -0.3 is 14.8 Å². The molecule has 0 radical (unpaired) electrons. The highest BCUT2D eigenvalue weighted by molar-refractivity contribution is 7.22. The first-order valence-electron chi connectivity index (χ1n) is 9.33. The maximum absolute atomic E-state index is 13.2. The topological polar surface area (TPSA) is 65.4 Å². The Bertz CT molecular complexity index is 1230. The molecule has 6 nitrogen and oxygen atoms in total. The first-order chi connectivity index (χ1) is 14.6. The van der Waals surface area contributed by atoms with Crippen LogP contribution in [0.25, 0.3) is 26.3 Å². The molecule has 154 valence electrons. The Balaban J connectivity index is 1.71. The maximum Gasteiger partial charge on any atom is 0.275 e. The average molecular weight is 442 g/mol. The summed E-state index contributed by atoms with van der Waals surface area (Å²) >= 11 is 7.39. The van der Waals surface area contributed by atoms with E-state index in [1.54, 1.807) is 25.6 Å². The molecule has 2 aromatic carbocycles. The number of fused-ring (bicyclic) bond motifs is 1. The fraction of sp³-hybridized carbons (Fsp3) is 0.182. The SMILES string of the molecule is CNCCOc1ccc(-n2cnc3cc(-c4ccc(Cl)cc4)sc3c2=O)cc1OC. The average Bonchev–Trinajstić information content (AvgIpc) is 3.20. The minimum atomic E-state index is -0.129. The Morgan fingerprint density at radius 1 is 1.13 bits per heavy atom. The minimum Gasteiger partial charge on any atom is -0.493 e. The Kier molecular flexibility index (Phi) is 6.03. The van der Waals surface area contributed by atoms with Gasteiger partial charge in [-0.2, -0.15) is 0 Å². The number of methoxy groups -OCH3 is 1. The molecule has 0 aliphatic carbocycles. The van der Waals surface area contributed by atoms with Gasteiger partial charge in [-0.3, -0.25) is 9.36 Å². The van der Waals surface area contributed by atoms with Crippen molar-refractivity contribution < 1.29 is 9.47 Å². The number of nitrogens with zero attached hydrogens (tertiary/aromatic N) is 2. The number of benzene rings is 2. The number of hydrogen-bond acceptors (Lipinski definition) is 6. The van der Waals surface area contributed by atoms with Gasteiger partial charge in [0.25, 0.3) is 5.56 Å². The lowest BCUT2D eigenvalue weighted by Crippen LogP contribution is -2.18. The van der Waals surface area contributed by atoms with Crippen molar-refractivity contribution in [1.29, 1.82) is 0 Å². The summed E-state index contributed by atoms with van der Waals surface area (Å²) in [6.07, 6.45) is 1.54. The van der Waals surface area contributed by atoms with Crippen molar-refractivity contribution in [3.8, 4) is 27.6 Å². The smallest absolute Gasteiger partial charge is 0.275 e. The summed E-state index contributed by atoms with van der Waals surface area (Å²) in [5.74, 6) is 1.18. The fourth-order valence-electron chi connectivity index (χ4n) is 3.04. The van der Waals surface area contributed by atoms with Gasteiger partial charge in [-0.05, 0) is 42.9 Å². The second-order valence-electron chi connectivity index (χ2n) is 6.54. The summed E-state index contributed by atoms with van der Waals surface area (Å²) in [6.45, 7) is 1.24. The molecule has 4 aromatic rings. The van der Waals surface area contributed by atoms with Crippen LogP contribution in [-0.2, 0) is 0 Å². The van der Waals surface area contributed by atoms with E-state index in [4.69, 9.17) is 21.1 Å². The first-order valence-corrected chi connectivity index (χ1v) is 10.5. The molecule has 0 fully saturated rings. The first kappa shape index (κ1) is 20.4. The zero-order valence-corrected chi connectivity index (χ0v) is 18.1. The molecule has 0 saturated heterocycles. The molecule has 2 heterocycles. The van der Waals surface area contributed by atoms with Crippen LogP contribution in [-0.4, -0.2) is 36.9 Å². The summed E-state index contributed by atoms with van der Waals surface area (Å²) in [7, 11) is 3.44. The Morgan fingerprint density at radius 2 is 1.93 bits per heavy atom. The van der Waals surface area contributed by atoms with E-state index in [0.717, 1.165) is 17.0 Å². The highest BCUT2D eigenvalue weighted by Gasteiger charge is 2.13. The third-order valence-corrected chi connectivity index (χ3v) is 6.01. The molecule has 0 saturated carbocycles. The molecule has 0 unspecified atom stereocenters. The Hall–Kier alpha value is -2.87. The molecule has 4 rings (SSSR count). The molecule has 8 heteroatoms. The standard InChI is InChI=1S/C22H20ClN3O3S/c1-24-9-10-29-18-8-7-16(11-19(18)28-2)26-13-25-17-12-20(30-21(17)22(26)27)14-3-5-15(23)6-4-14/h3-8,11-13,24H,9-10H2,1-2H3. The quantitative estimate of drug-likeness (QED) is 0.431. The molecule has 1 N–H and O–H groups in total. The van der Waals surface area contributed by atoms with Crippen LogP contribution in [0.2, 0.25) is 5.02 Å². The van der Waals surface area contributed by atoms with Crippen LogP contribution in [0.15, 0.2) is 59.7 Å². The van der Waals surface area contributed by atoms with Crippen molar-refractivity contribution >= 4 is 33.2 Å². The second-order valence-corrected chi connectivity index (χ2v) is 8.03. The van der Waals surface area contributed by atoms with Gasteiger partial charge in [0.15, 0.2) is 11.5 Å². The minimum absolute atomic E-state index is 0.129. The monoisotopic (exact) mass is 441 g/mol. The maximum atomic E-state index is 13.2. The number of halogens is 1. The molecule has 2 aromatic heterocycles. The predicted octanol–water partition coefficient (Wildman–Crippen LogP) is 4.37. The van der Waals surface area contributed by atoms with Crippen LogP contribution < -0.4 is 20.3 Å². The molecule has 0 aliphatic heterocycles. The Morgan fingerprint density at radius 3 is 2.67 bits per heavy atom. The molecular weight excluding hydrogens is 422 g/mol. The van der Waals surface area contributed by atoms with Crippen LogP contribution >= 0.6 is 22.9 Å². The van der Waals surface area contributed by atoms with Crippen LogP contribution in [0.3, 0.4) is 0 Å². The molecule has 0 amide bonds. The largest absolute Gasteiger partial charge is 0.493 e. The van der Waals surface area contributed by atoms with Crippen molar-refractivity contribution in [1.82, 2.24) is 14.9 Å². The lowest BCUT2D eigenvalue weighted by molar-refractivity contribution is 0.295. The van der Waals surface area contributed by atoms with E-state index >= 15 is 0 Å². The third kappa shape index (κ3) is 4.05. The van der Waals surface area contributed by atoms with Crippen molar-refractivity contribution in [2.45, 2.75) is 0 Å². The number of nitrogens with one attached hydrogen (secondary N) is 1. The number of likely N-dealkylation sites (N-methyl/N-ethyl adjacent to an activating group) is 1. The van der Waals surface area contributed by atoms with Crippen LogP contribution in [0.5, 0.6) is 11.5 Å². The summed E-state index contributed by atoms with van der Waals surface area (Å²) in [5, 5.41) is 3.70. The lowest BCUT2D eigenvalue weighted by atomic mass is 10.2. The predicted molar refractivity (Wildman–Crippen MR) is 122 cm³/mol. The molecule has 0 spiro atoms. The molecule has 0 aliphatic rings. The lowest BCUT2D eigenvalue weighted by Gasteiger charge is -2.13. The summed E-state index contributed by atoms with van der Waals surface area (Å²) < 4.78 is 13.3. The van der Waals surface area contributed by atoms with Crippen molar-refractivity contribution in [2.24, 2.45) is 0 Å². The van der Waals surface area contributed by atoms with Crippen molar-refractivity contribution in [3.05, 3.63) is 70.2 Å². The van der Waals surface area contributed by atoms with Gasteiger partial charge in [0.1, 0.15) is 17.6 Å². The summed E-state index contributed by atoms with van der Waals surface area (Å²) in [4.78, 5) is 18.6. The zero-order valence-electron chi connectivity index (χ0n) is 16.5. The fourth-order valence-corrected chi connectivity index (χ4v) is 4.21. The highest BCUT2D eigenvalue weighted by Crippen LogP contribution is 2.32. The number of hydrogen-bond donors (Lipinski definition) is 1. The van der Waals surface area contributed by atoms with E-state index in [1.807, 2.05) is 43.4 Å². The van der Waals surface area contributed by atoms with E-state index in [2.05, 4.69) is 10.3 Å². The molecule has 0 atom stereocenters. The number of thiophene rings is 1. The van der Waals surface area contributed by atoms with Gasteiger partial charge in [-0.15, -0.1) is 11.3 Å². The van der Waals surface area contributed by atoms with Crippen molar-refractivity contribution in [3.63, 3.8) is 0 Å². The van der Waals surface area contributed by atoms with Gasteiger partial charge in [-0.25, -0.2) is 4.98 Å². The molecule has 0 bridgehead atoms.